The number of hydrogen-bond donors (Lipinski definition) is 0. The molecule has 0 saturated carbocycles. The summed E-state index contributed by atoms with van der Waals surface area (Å²) in [5, 5.41) is 0.475. The van der Waals surface area contributed by atoms with Crippen LogP contribution in [-0.2, 0) is 15.5 Å². The lowest BCUT2D eigenvalue weighted by Gasteiger charge is -2.33. The van der Waals surface area contributed by atoms with Crippen LogP contribution in [0.4, 0.5) is 4.79 Å². The van der Waals surface area contributed by atoms with Gasteiger partial charge in [0.15, 0.2) is 0 Å². The zero-order valence-corrected chi connectivity index (χ0v) is 18.2. The molecule has 1 aromatic rings. The fourth-order valence-electron chi connectivity index (χ4n) is 3.10. The van der Waals surface area contributed by atoms with Crippen molar-refractivity contribution in [2.24, 2.45) is 5.92 Å². The molecule has 7 heteroatoms. The molecule has 1 saturated heterocycles. The third-order valence-corrected chi connectivity index (χ3v) is 5.90. The lowest BCUT2D eigenvalue weighted by Crippen LogP contribution is -2.41. The molecule has 1 heterocycles. The number of piperidine rings is 1. The Morgan fingerprint density at radius 1 is 1.30 bits per heavy atom. The molecule has 0 bridgehead atoms. The molecule has 1 aliphatic heterocycles. The number of carbonyl (C=O) groups excluding carboxylic acids is 1. The first-order valence-electron chi connectivity index (χ1n) is 9.39. The summed E-state index contributed by atoms with van der Waals surface area (Å²) in [6, 6.07) is 5.28. The average molecular weight is 416 g/mol. The molecule has 1 amide bonds. The fourth-order valence-corrected chi connectivity index (χ4v) is 4.19. The highest BCUT2D eigenvalue weighted by molar-refractivity contribution is 7.84. The van der Waals surface area contributed by atoms with Gasteiger partial charge in [0.1, 0.15) is 11.4 Å². The van der Waals surface area contributed by atoms with Crippen LogP contribution in [0.1, 0.15) is 46.5 Å². The highest BCUT2D eigenvalue weighted by Crippen LogP contribution is 2.26. The first kappa shape index (κ1) is 22.0. The molecule has 27 heavy (non-hydrogen) atoms. The van der Waals surface area contributed by atoms with Gasteiger partial charge < -0.3 is 14.4 Å². The number of halogens is 1. The van der Waals surface area contributed by atoms with Gasteiger partial charge in [-0.05, 0) is 70.6 Å². The normalized spacial score (nSPS) is 16.9. The molecule has 0 radical (unpaired) electrons. The Kier molecular flexibility index (Phi) is 7.98. The fraction of sp³-hybridized carbons (Fsp3) is 0.650. The van der Waals surface area contributed by atoms with Crippen LogP contribution in [0.25, 0.3) is 0 Å². The summed E-state index contributed by atoms with van der Waals surface area (Å²) in [7, 11) is -1.10. The molecule has 1 unspecified atom stereocenters. The maximum atomic E-state index is 12.1. The SMILES string of the molecule is CS(=O)c1ccc(OCCCC2CCN(C(=O)OC(C)(C)C)CC2)cc1Cl. The second-order valence-electron chi connectivity index (χ2n) is 7.95. The molecule has 0 N–H and O–H groups in total. The summed E-state index contributed by atoms with van der Waals surface area (Å²) in [4.78, 5) is 14.5. The molecule has 152 valence electrons. The van der Waals surface area contributed by atoms with Gasteiger partial charge in [-0.1, -0.05) is 11.6 Å². The number of ether oxygens (including phenoxy) is 2. The molecule has 2 rings (SSSR count). The topological polar surface area (TPSA) is 55.8 Å². The second-order valence-corrected chi connectivity index (χ2v) is 9.70. The Labute approximate surface area is 169 Å². The molecular weight excluding hydrogens is 386 g/mol. The van der Waals surface area contributed by atoms with Gasteiger partial charge in [-0.15, -0.1) is 0 Å². The first-order chi connectivity index (χ1) is 12.7. The van der Waals surface area contributed by atoms with Crippen LogP contribution in [0.2, 0.25) is 5.02 Å². The van der Waals surface area contributed by atoms with Crippen molar-refractivity contribution in [1.82, 2.24) is 4.90 Å². The van der Waals surface area contributed by atoms with E-state index in [2.05, 4.69) is 0 Å². The summed E-state index contributed by atoms with van der Waals surface area (Å²) < 4.78 is 22.7. The summed E-state index contributed by atoms with van der Waals surface area (Å²) >= 11 is 6.12. The van der Waals surface area contributed by atoms with E-state index in [1.54, 1.807) is 23.3 Å². The molecule has 0 spiro atoms. The van der Waals surface area contributed by atoms with E-state index in [0.717, 1.165) is 38.8 Å². The lowest BCUT2D eigenvalue weighted by atomic mass is 9.92. The zero-order chi connectivity index (χ0) is 20.0. The molecule has 1 aromatic carbocycles. The van der Waals surface area contributed by atoms with Crippen molar-refractivity contribution in [3.05, 3.63) is 23.2 Å². The summed E-state index contributed by atoms with van der Waals surface area (Å²) in [6.45, 7) is 7.80. The summed E-state index contributed by atoms with van der Waals surface area (Å²) in [5.41, 5.74) is -0.446. The molecule has 1 atom stereocenters. The van der Waals surface area contributed by atoms with Crippen LogP contribution in [0.5, 0.6) is 5.75 Å². The Bertz CT molecular complexity index is 666. The van der Waals surface area contributed by atoms with Crippen molar-refractivity contribution in [2.45, 2.75) is 57.0 Å². The quantitative estimate of drug-likeness (QED) is 0.621. The van der Waals surface area contributed by atoms with Crippen molar-refractivity contribution in [1.29, 1.82) is 0 Å². The zero-order valence-electron chi connectivity index (χ0n) is 16.6. The van der Waals surface area contributed by atoms with E-state index in [4.69, 9.17) is 21.1 Å². The maximum Gasteiger partial charge on any atom is 0.410 e. The van der Waals surface area contributed by atoms with Gasteiger partial charge in [-0.25, -0.2) is 4.79 Å². The van der Waals surface area contributed by atoms with Gasteiger partial charge in [-0.3, -0.25) is 4.21 Å². The van der Waals surface area contributed by atoms with Crippen LogP contribution in [0.15, 0.2) is 23.1 Å². The van der Waals surface area contributed by atoms with Crippen LogP contribution < -0.4 is 4.74 Å². The molecule has 5 nitrogen and oxygen atoms in total. The monoisotopic (exact) mass is 415 g/mol. The number of amides is 1. The van der Waals surface area contributed by atoms with E-state index in [1.807, 2.05) is 26.8 Å². The molecule has 0 aromatic heterocycles. The van der Waals surface area contributed by atoms with E-state index in [1.165, 1.54) is 0 Å². The van der Waals surface area contributed by atoms with Gasteiger partial charge in [-0.2, -0.15) is 0 Å². The predicted molar refractivity (Wildman–Crippen MR) is 109 cm³/mol. The molecule has 1 fully saturated rings. The van der Waals surface area contributed by atoms with Crippen LogP contribution >= 0.6 is 11.6 Å². The minimum absolute atomic E-state index is 0.211. The van der Waals surface area contributed by atoms with Gasteiger partial charge >= 0.3 is 6.09 Å². The van der Waals surface area contributed by atoms with Crippen molar-refractivity contribution in [3.63, 3.8) is 0 Å². The number of benzene rings is 1. The Morgan fingerprint density at radius 2 is 1.96 bits per heavy atom. The largest absolute Gasteiger partial charge is 0.494 e. The molecule has 1 aliphatic rings. The van der Waals surface area contributed by atoms with Crippen LogP contribution in [0, 0.1) is 5.92 Å². The number of nitrogens with zero attached hydrogens (tertiary/aromatic N) is 1. The van der Waals surface area contributed by atoms with Gasteiger partial charge in [0, 0.05) is 19.3 Å². The Morgan fingerprint density at radius 3 is 2.52 bits per heavy atom. The number of likely N-dealkylation sites (tertiary alicyclic amines) is 1. The van der Waals surface area contributed by atoms with Gasteiger partial charge in [0.2, 0.25) is 0 Å². The van der Waals surface area contributed by atoms with E-state index < -0.39 is 16.4 Å². The minimum atomic E-state index is -1.10. The van der Waals surface area contributed by atoms with E-state index in [0.29, 0.717) is 28.2 Å². The third-order valence-electron chi connectivity index (χ3n) is 4.50. The summed E-state index contributed by atoms with van der Waals surface area (Å²) in [5.74, 6) is 1.31. The van der Waals surface area contributed by atoms with E-state index in [9.17, 15) is 9.00 Å². The van der Waals surface area contributed by atoms with Crippen molar-refractivity contribution in [2.75, 3.05) is 26.0 Å². The van der Waals surface area contributed by atoms with Crippen molar-refractivity contribution < 1.29 is 18.5 Å². The highest BCUT2D eigenvalue weighted by Gasteiger charge is 2.26. The molecule has 0 aliphatic carbocycles. The van der Waals surface area contributed by atoms with Crippen molar-refractivity contribution >= 4 is 28.5 Å². The lowest BCUT2D eigenvalue weighted by molar-refractivity contribution is 0.0179. The maximum absolute atomic E-state index is 12.1. The number of carbonyl (C=O) groups is 1. The standard InChI is InChI=1S/C20H30ClNO4S/c1-20(2,3)26-19(23)22-11-9-15(10-12-22)6-5-13-25-16-7-8-18(27(4)24)17(21)14-16/h7-8,14-15H,5-6,9-13H2,1-4H3. The summed E-state index contributed by atoms with van der Waals surface area (Å²) in [6.07, 6.45) is 5.43. The third kappa shape index (κ3) is 7.34. The second kappa shape index (κ2) is 9.78. The first-order valence-corrected chi connectivity index (χ1v) is 11.3. The van der Waals surface area contributed by atoms with Crippen molar-refractivity contribution in [3.8, 4) is 5.75 Å². The minimum Gasteiger partial charge on any atom is -0.494 e. The average Bonchev–Trinajstić information content (AvgIpc) is 2.57. The van der Waals surface area contributed by atoms with E-state index >= 15 is 0 Å². The molecular formula is C20H30ClNO4S. The predicted octanol–water partition coefficient (Wildman–Crippen LogP) is 4.88. The Balaban J connectivity index is 1.67. The number of hydrogen-bond acceptors (Lipinski definition) is 4. The van der Waals surface area contributed by atoms with Gasteiger partial charge in [0.25, 0.3) is 0 Å². The smallest absolute Gasteiger partial charge is 0.410 e. The number of rotatable bonds is 6. The van der Waals surface area contributed by atoms with Gasteiger partial charge in [0.05, 0.1) is 27.3 Å². The van der Waals surface area contributed by atoms with E-state index in [-0.39, 0.29) is 6.09 Å². The van der Waals surface area contributed by atoms with Crippen LogP contribution in [0.3, 0.4) is 0 Å². The Hall–Kier alpha value is -1.27. The highest BCUT2D eigenvalue weighted by atomic mass is 35.5. The van der Waals surface area contributed by atoms with Crippen LogP contribution in [-0.4, -0.2) is 46.8 Å².